The van der Waals surface area contributed by atoms with E-state index in [2.05, 4.69) is 31.2 Å². The summed E-state index contributed by atoms with van der Waals surface area (Å²) in [7, 11) is -2.06. The first kappa shape index (κ1) is 26.7. The first-order valence-electron chi connectivity index (χ1n) is 10.3. The Labute approximate surface area is 203 Å². The van der Waals surface area contributed by atoms with Gasteiger partial charge in [0.2, 0.25) is 9.84 Å². The van der Waals surface area contributed by atoms with Crippen molar-refractivity contribution in [1.29, 1.82) is 0 Å². The Hall–Kier alpha value is -3.57. The van der Waals surface area contributed by atoms with E-state index in [1.165, 1.54) is 28.8 Å². The Balaban J connectivity index is 0.00000204. The monoisotopic (exact) mass is 476 g/mol. The van der Waals surface area contributed by atoms with E-state index in [1.54, 1.807) is 43.5 Å². The van der Waals surface area contributed by atoms with Crippen molar-refractivity contribution in [3.63, 3.8) is 0 Å². The number of aryl methyl sites for hydroxylation is 1. The fourth-order valence-corrected chi connectivity index (χ4v) is 4.59. The normalized spacial score (nSPS) is 10.5. The van der Waals surface area contributed by atoms with Crippen molar-refractivity contribution < 1.29 is 17.9 Å². The van der Waals surface area contributed by atoms with Crippen LogP contribution < -0.4 is 9.47 Å². The molecule has 0 heterocycles. The summed E-state index contributed by atoms with van der Waals surface area (Å²) in [6.45, 7) is 2.08. The molecule has 0 saturated heterocycles. The molecule has 0 bridgehead atoms. The molecule has 4 aromatic carbocycles. The van der Waals surface area contributed by atoms with Crippen LogP contribution in [-0.4, -0.2) is 15.5 Å². The van der Waals surface area contributed by atoms with Crippen LogP contribution in [0.15, 0.2) is 107 Å². The molecule has 0 aliphatic rings. The number of benzene rings is 4. The number of rotatable bonds is 7. The lowest BCUT2D eigenvalue weighted by Crippen LogP contribution is -2.01. The van der Waals surface area contributed by atoms with Gasteiger partial charge in [-0.15, -0.1) is 0 Å². The molecule has 0 spiro atoms. The topological polar surface area (TPSA) is 52.6 Å². The molecular formula is C29H32O4S. The van der Waals surface area contributed by atoms with E-state index in [1.807, 2.05) is 24.3 Å². The van der Waals surface area contributed by atoms with E-state index in [0.717, 1.165) is 6.42 Å². The van der Waals surface area contributed by atoms with Crippen LogP contribution >= 0.6 is 0 Å². The zero-order valence-electron chi connectivity index (χ0n) is 18.0. The maximum atomic E-state index is 12.8. The zero-order chi connectivity index (χ0) is 22.6. The van der Waals surface area contributed by atoms with Crippen LogP contribution in [0.1, 0.15) is 31.5 Å². The Morgan fingerprint density at radius 3 is 1.41 bits per heavy atom. The summed E-state index contributed by atoms with van der Waals surface area (Å²) in [5.74, 6) is 1.88. The summed E-state index contributed by atoms with van der Waals surface area (Å²) in [4.78, 5) is 0.430. The summed E-state index contributed by atoms with van der Waals surface area (Å²) in [5.41, 5.74) is 3.71. The van der Waals surface area contributed by atoms with Gasteiger partial charge in [-0.1, -0.05) is 56.8 Å². The number of hydrogen-bond donors (Lipinski definition) is 0. The van der Waals surface area contributed by atoms with Crippen molar-refractivity contribution in [2.75, 3.05) is 7.11 Å². The molecule has 34 heavy (non-hydrogen) atoms. The van der Waals surface area contributed by atoms with Crippen LogP contribution in [-0.2, 0) is 16.3 Å². The van der Waals surface area contributed by atoms with E-state index in [4.69, 9.17) is 9.47 Å². The van der Waals surface area contributed by atoms with Crippen molar-refractivity contribution in [2.24, 2.45) is 0 Å². The fourth-order valence-electron chi connectivity index (χ4n) is 3.33. The molecule has 0 N–H and O–H groups in total. The van der Waals surface area contributed by atoms with Crippen LogP contribution in [0.4, 0.5) is 0 Å². The van der Waals surface area contributed by atoms with Gasteiger partial charge < -0.3 is 9.47 Å². The molecule has 0 radical (unpaired) electrons. The maximum absolute atomic E-state index is 12.8. The second-order valence-corrected chi connectivity index (χ2v) is 9.51. The lowest BCUT2D eigenvalue weighted by Gasteiger charge is -2.09. The quantitative estimate of drug-likeness (QED) is 0.277. The minimum atomic E-state index is -3.60. The van der Waals surface area contributed by atoms with Gasteiger partial charge in [-0.25, -0.2) is 8.42 Å². The SMILES string of the molecule is C.C.COc1ccc(S(=O)(=O)c2ccc(Oc3ccc(Cc4ccc(C)cc4)cc3)cc2)cc1. The third-order valence-corrected chi connectivity index (χ3v) is 6.98. The fraction of sp³-hybridized carbons (Fsp3) is 0.172. The molecule has 0 aliphatic carbocycles. The van der Waals surface area contributed by atoms with Crippen molar-refractivity contribution in [3.8, 4) is 17.2 Å². The van der Waals surface area contributed by atoms with Gasteiger partial charge in [0.05, 0.1) is 16.9 Å². The first-order chi connectivity index (χ1) is 15.4. The maximum Gasteiger partial charge on any atom is 0.206 e. The Morgan fingerprint density at radius 1 is 0.588 bits per heavy atom. The van der Waals surface area contributed by atoms with Gasteiger partial charge in [0.1, 0.15) is 17.2 Å². The Kier molecular flexibility index (Phi) is 9.04. The van der Waals surface area contributed by atoms with Crippen LogP contribution in [0.25, 0.3) is 0 Å². The minimum Gasteiger partial charge on any atom is -0.497 e. The average Bonchev–Trinajstić information content (AvgIpc) is 2.82. The van der Waals surface area contributed by atoms with E-state index in [-0.39, 0.29) is 24.6 Å². The third-order valence-electron chi connectivity index (χ3n) is 5.19. The second kappa shape index (κ2) is 11.5. The van der Waals surface area contributed by atoms with E-state index in [0.29, 0.717) is 17.2 Å². The van der Waals surface area contributed by atoms with Gasteiger partial charge in [-0.3, -0.25) is 0 Å². The molecule has 0 amide bonds. The molecule has 0 aromatic heterocycles. The van der Waals surface area contributed by atoms with Crippen LogP contribution in [0.5, 0.6) is 17.2 Å². The molecular weight excluding hydrogens is 444 g/mol. The third kappa shape index (κ3) is 6.27. The van der Waals surface area contributed by atoms with Crippen LogP contribution in [0, 0.1) is 6.92 Å². The van der Waals surface area contributed by atoms with E-state index in [9.17, 15) is 8.42 Å². The highest BCUT2D eigenvalue weighted by Crippen LogP contribution is 2.27. The minimum absolute atomic E-state index is 0. The molecule has 0 saturated carbocycles. The highest BCUT2D eigenvalue weighted by molar-refractivity contribution is 7.91. The van der Waals surface area contributed by atoms with Gasteiger partial charge >= 0.3 is 0 Å². The summed E-state index contributed by atoms with van der Waals surface area (Å²) >= 11 is 0. The van der Waals surface area contributed by atoms with E-state index >= 15 is 0 Å². The number of ether oxygens (including phenoxy) is 2. The molecule has 0 fully saturated rings. The van der Waals surface area contributed by atoms with Gasteiger partial charge in [-0.05, 0) is 85.1 Å². The molecule has 4 rings (SSSR count). The number of sulfone groups is 1. The van der Waals surface area contributed by atoms with Crippen molar-refractivity contribution in [3.05, 3.63) is 114 Å². The van der Waals surface area contributed by atoms with Gasteiger partial charge in [0.15, 0.2) is 0 Å². The van der Waals surface area contributed by atoms with Crippen molar-refractivity contribution >= 4 is 9.84 Å². The van der Waals surface area contributed by atoms with Gasteiger partial charge in [0, 0.05) is 0 Å². The zero-order valence-corrected chi connectivity index (χ0v) is 18.8. The predicted molar refractivity (Wildman–Crippen MR) is 139 cm³/mol. The molecule has 0 atom stereocenters. The highest BCUT2D eigenvalue weighted by Gasteiger charge is 2.17. The molecule has 4 aromatic rings. The van der Waals surface area contributed by atoms with E-state index < -0.39 is 9.84 Å². The van der Waals surface area contributed by atoms with Crippen LogP contribution in [0.2, 0.25) is 0 Å². The summed E-state index contributed by atoms with van der Waals surface area (Å²) < 4.78 is 36.6. The highest BCUT2D eigenvalue weighted by atomic mass is 32.2. The molecule has 178 valence electrons. The molecule has 5 heteroatoms. The molecule has 0 aliphatic heterocycles. The van der Waals surface area contributed by atoms with Crippen LogP contribution in [0.3, 0.4) is 0 Å². The summed E-state index contributed by atoms with van der Waals surface area (Å²) in [6.07, 6.45) is 0.860. The standard InChI is InChI=1S/C27H24O4S.2CH4/c1-20-3-5-21(6-4-20)19-22-7-9-24(10-8-22)31-25-13-17-27(18-14-25)32(28,29)26-15-11-23(30-2)12-16-26;;/h3-18H,19H2,1-2H3;2*1H4. The van der Waals surface area contributed by atoms with Crippen molar-refractivity contribution in [2.45, 2.75) is 38.0 Å². The van der Waals surface area contributed by atoms with Crippen molar-refractivity contribution in [1.82, 2.24) is 0 Å². The number of hydrogen-bond acceptors (Lipinski definition) is 4. The van der Waals surface area contributed by atoms with Gasteiger partial charge in [-0.2, -0.15) is 0 Å². The second-order valence-electron chi connectivity index (χ2n) is 7.56. The molecule has 0 unspecified atom stereocenters. The number of methoxy groups -OCH3 is 1. The smallest absolute Gasteiger partial charge is 0.206 e. The largest absolute Gasteiger partial charge is 0.497 e. The first-order valence-corrected chi connectivity index (χ1v) is 11.7. The Bertz CT molecular complexity index is 1270. The van der Waals surface area contributed by atoms with Gasteiger partial charge in [0.25, 0.3) is 0 Å². The lowest BCUT2D eigenvalue weighted by atomic mass is 10.0. The Morgan fingerprint density at radius 2 is 0.971 bits per heavy atom. The lowest BCUT2D eigenvalue weighted by molar-refractivity contribution is 0.414. The molecule has 4 nitrogen and oxygen atoms in total. The summed E-state index contributed by atoms with van der Waals surface area (Å²) in [5, 5.41) is 0. The summed E-state index contributed by atoms with van der Waals surface area (Å²) in [6, 6.07) is 29.2. The predicted octanol–water partition coefficient (Wildman–Crippen LogP) is 7.49. The average molecular weight is 477 g/mol.